The SMILES string of the molecule is CCNC(CN1CCOC(C)(C)C1)c1ccc(C)c(C)c1. The van der Waals surface area contributed by atoms with E-state index < -0.39 is 0 Å². The van der Waals surface area contributed by atoms with Gasteiger partial charge in [0.25, 0.3) is 0 Å². The van der Waals surface area contributed by atoms with Gasteiger partial charge in [0.05, 0.1) is 12.2 Å². The summed E-state index contributed by atoms with van der Waals surface area (Å²) in [5, 5.41) is 3.64. The normalized spacial score (nSPS) is 20.4. The van der Waals surface area contributed by atoms with E-state index in [1.165, 1.54) is 16.7 Å². The van der Waals surface area contributed by atoms with Gasteiger partial charge >= 0.3 is 0 Å². The van der Waals surface area contributed by atoms with Gasteiger partial charge in [0.1, 0.15) is 0 Å². The molecule has 1 heterocycles. The van der Waals surface area contributed by atoms with Crippen LogP contribution in [0.5, 0.6) is 0 Å². The number of ether oxygens (including phenoxy) is 1. The van der Waals surface area contributed by atoms with Gasteiger partial charge in [0.15, 0.2) is 0 Å². The number of rotatable bonds is 5. The van der Waals surface area contributed by atoms with Crippen LogP contribution in [0, 0.1) is 13.8 Å². The molecular weight excluding hydrogens is 260 g/mol. The number of nitrogens with one attached hydrogen (secondary N) is 1. The van der Waals surface area contributed by atoms with Crippen LogP contribution in [0.15, 0.2) is 18.2 Å². The van der Waals surface area contributed by atoms with Crippen LogP contribution < -0.4 is 5.32 Å². The van der Waals surface area contributed by atoms with Gasteiger partial charge in [0.2, 0.25) is 0 Å². The molecule has 0 aliphatic carbocycles. The minimum absolute atomic E-state index is 0.0296. The second-order valence-electron chi connectivity index (χ2n) is 6.80. The van der Waals surface area contributed by atoms with E-state index in [1.54, 1.807) is 0 Å². The summed E-state index contributed by atoms with van der Waals surface area (Å²) in [6.07, 6.45) is 0. The van der Waals surface area contributed by atoms with E-state index in [4.69, 9.17) is 4.74 Å². The molecule has 0 radical (unpaired) electrons. The highest BCUT2D eigenvalue weighted by Gasteiger charge is 2.28. The summed E-state index contributed by atoms with van der Waals surface area (Å²) in [4.78, 5) is 2.52. The Balaban J connectivity index is 2.09. The fraction of sp³-hybridized carbons (Fsp3) is 0.667. The number of nitrogens with zero attached hydrogens (tertiary/aromatic N) is 1. The van der Waals surface area contributed by atoms with Gasteiger partial charge in [-0.3, -0.25) is 4.90 Å². The van der Waals surface area contributed by atoms with Crippen molar-refractivity contribution in [3.05, 3.63) is 34.9 Å². The average molecular weight is 290 g/mol. The van der Waals surface area contributed by atoms with Crippen LogP contribution in [0.3, 0.4) is 0 Å². The molecule has 1 unspecified atom stereocenters. The Kier molecular flexibility index (Phi) is 5.42. The molecule has 118 valence electrons. The number of hydrogen-bond acceptors (Lipinski definition) is 3. The lowest BCUT2D eigenvalue weighted by Gasteiger charge is -2.39. The molecule has 1 aliphatic heterocycles. The Hall–Kier alpha value is -0.900. The Morgan fingerprint density at radius 1 is 1.29 bits per heavy atom. The zero-order chi connectivity index (χ0) is 15.5. The van der Waals surface area contributed by atoms with Gasteiger partial charge in [-0.15, -0.1) is 0 Å². The third kappa shape index (κ3) is 4.53. The van der Waals surface area contributed by atoms with Crippen molar-refractivity contribution in [3.63, 3.8) is 0 Å². The maximum Gasteiger partial charge on any atom is 0.0753 e. The van der Waals surface area contributed by atoms with Crippen LogP contribution in [0.2, 0.25) is 0 Å². The summed E-state index contributed by atoms with van der Waals surface area (Å²) < 4.78 is 5.82. The predicted molar refractivity (Wildman–Crippen MR) is 88.8 cm³/mol. The zero-order valence-electron chi connectivity index (χ0n) is 14.2. The molecule has 0 saturated carbocycles. The van der Waals surface area contributed by atoms with Gasteiger partial charge in [0, 0.05) is 25.7 Å². The lowest BCUT2D eigenvalue weighted by molar-refractivity contribution is -0.0876. The molecule has 1 N–H and O–H groups in total. The smallest absolute Gasteiger partial charge is 0.0753 e. The van der Waals surface area contributed by atoms with Gasteiger partial charge < -0.3 is 10.1 Å². The highest BCUT2D eigenvalue weighted by Crippen LogP contribution is 2.22. The van der Waals surface area contributed by atoms with Crippen molar-refractivity contribution in [1.82, 2.24) is 10.2 Å². The zero-order valence-corrected chi connectivity index (χ0v) is 14.2. The Morgan fingerprint density at radius 2 is 2.05 bits per heavy atom. The van der Waals surface area contributed by atoms with Gasteiger partial charge in [-0.2, -0.15) is 0 Å². The molecule has 1 aromatic rings. The van der Waals surface area contributed by atoms with Crippen molar-refractivity contribution in [2.45, 2.75) is 46.3 Å². The second kappa shape index (κ2) is 6.91. The van der Waals surface area contributed by atoms with E-state index in [0.717, 1.165) is 32.8 Å². The minimum atomic E-state index is -0.0296. The summed E-state index contributed by atoms with van der Waals surface area (Å²) in [5.41, 5.74) is 4.10. The minimum Gasteiger partial charge on any atom is -0.373 e. The number of morpholine rings is 1. The van der Waals surface area contributed by atoms with Crippen LogP contribution in [0.1, 0.15) is 43.5 Å². The second-order valence-corrected chi connectivity index (χ2v) is 6.80. The molecule has 21 heavy (non-hydrogen) atoms. The molecule has 0 aromatic heterocycles. The van der Waals surface area contributed by atoms with Crippen LogP contribution >= 0.6 is 0 Å². The van der Waals surface area contributed by atoms with Crippen molar-refractivity contribution in [2.75, 3.05) is 32.8 Å². The average Bonchev–Trinajstić information content (AvgIpc) is 2.40. The molecule has 1 fully saturated rings. The van der Waals surface area contributed by atoms with Gasteiger partial charge in [-0.25, -0.2) is 0 Å². The largest absolute Gasteiger partial charge is 0.373 e. The fourth-order valence-corrected chi connectivity index (χ4v) is 3.04. The lowest BCUT2D eigenvalue weighted by atomic mass is 9.99. The maximum atomic E-state index is 5.82. The van der Waals surface area contributed by atoms with E-state index in [1.807, 2.05) is 0 Å². The summed E-state index contributed by atoms with van der Waals surface area (Å²) in [5.74, 6) is 0. The first-order valence-electron chi connectivity index (χ1n) is 8.08. The molecule has 3 nitrogen and oxygen atoms in total. The van der Waals surface area contributed by atoms with Gasteiger partial charge in [-0.1, -0.05) is 25.1 Å². The van der Waals surface area contributed by atoms with Crippen molar-refractivity contribution in [2.24, 2.45) is 0 Å². The van der Waals surface area contributed by atoms with E-state index in [2.05, 4.69) is 63.0 Å². The quantitative estimate of drug-likeness (QED) is 0.902. The van der Waals surface area contributed by atoms with E-state index in [-0.39, 0.29) is 5.60 Å². The number of aryl methyl sites for hydroxylation is 2. The molecular formula is C18H30N2O. The summed E-state index contributed by atoms with van der Waals surface area (Å²) >= 11 is 0. The summed E-state index contributed by atoms with van der Waals surface area (Å²) in [7, 11) is 0. The third-order valence-electron chi connectivity index (χ3n) is 4.33. The predicted octanol–water partition coefficient (Wildman–Crippen LogP) is 3.06. The number of benzene rings is 1. The van der Waals surface area contributed by atoms with E-state index in [9.17, 15) is 0 Å². The molecule has 3 heteroatoms. The topological polar surface area (TPSA) is 24.5 Å². The first-order valence-corrected chi connectivity index (χ1v) is 8.08. The van der Waals surface area contributed by atoms with Crippen LogP contribution in [-0.2, 0) is 4.74 Å². The van der Waals surface area contributed by atoms with Crippen molar-refractivity contribution < 1.29 is 4.74 Å². The summed E-state index contributed by atoms with van der Waals surface area (Å²) in [6.45, 7) is 15.8. The number of hydrogen-bond donors (Lipinski definition) is 1. The van der Waals surface area contributed by atoms with Crippen molar-refractivity contribution in [1.29, 1.82) is 0 Å². The first kappa shape index (κ1) is 16.5. The standard InChI is InChI=1S/C18H30N2O/c1-6-19-17(16-8-7-14(2)15(3)11-16)12-20-9-10-21-18(4,5)13-20/h7-8,11,17,19H,6,9-10,12-13H2,1-5H3. The monoisotopic (exact) mass is 290 g/mol. The van der Waals surface area contributed by atoms with E-state index in [0.29, 0.717) is 6.04 Å². The van der Waals surface area contributed by atoms with Crippen LogP contribution in [-0.4, -0.2) is 43.3 Å². The highest BCUT2D eigenvalue weighted by atomic mass is 16.5. The molecule has 2 rings (SSSR count). The van der Waals surface area contributed by atoms with Crippen LogP contribution in [0.25, 0.3) is 0 Å². The molecule has 0 bridgehead atoms. The number of likely N-dealkylation sites (N-methyl/N-ethyl adjacent to an activating group) is 1. The maximum absolute atomic E-state index is 5.82. The lowest BCUT2D eigenvalue weighted by Crippen LogP contribution is -2.50. The molecule has 0 spiro atoms. The van der Waals surface area contributed by atoms with Crippen LogP contribution in [0.4, 0.5) is 0 Å². The Labute approximate surface area is 129 Å². The van der Waals surface area contributed by atoms with E-state index >= 15 is 0 Å². The first-order chi connectivity index (χ1) is 9.91. The molecule has 1 atom stereocenters. The molecule has 1 saturated heterocycles. The fourth-order valence-electron chi connectivity index (χ4n) is 3.04. The highest BCUT2D eigenvalue weighted by molar-refractivity contribution is 5.32. The Morgan fingerprint density at radius 3 is 2.67 bits per heavy atom. The van der Waals surface area contributed by atoms with Crippen molar-refractivity contribution in [3.8, 4) is 0 Å². The van der Waals surface area contributed by atoms with Gasteiger partial charge in [-0.05, 0) is 50.9 Å². The Bertz CT molecular complexity index is 470. The van der Waals surface area contributed by atoms with Crippen molar-refractivity contribution >= 4 is 0 Å². The molecule has 1 aromatic carbocycles. The third-order valence-corrected chi connectivity index (χ3v) is 4.33. The molecule has 0 amide bonds. The summed E-state index contributed by atoms with van der Waals surface area (Å²) in [6, 6.07) is 7.22. The molecule has 1 aliphatic rings.